The zero-order chi connectivity index (χ0) is 15.6. The normalized spacial score (nSPS) is 40.0. The molecule has 0 aromatic rings. The highest BCUT2D eigenvalue weighted by Gasteiger charge is 2.46. The van der Waals surface area contributed by atoms with E-state index < -0.39 is 0 Å². The Morgan fingerprint density at radius 2 is 2.05 bits per heavy atom. The van der Waals surface area contributed by atoms with E-state index in [4.69, 9.17) is 4.74 Å². The quantitative estimate of drug-likeness (QED) is 0.416. The third kappa shape index (κ3) is 3.78. The number of rotatable bonds is 6. The molecule has 22 heavy (non-hydrogen) atoms. The molecule has 1 nitrogen and oxygen atoms in total. The minimum atomic E-state index is 0.610. The maximum Gasteiger partial charge on any atom is 0.0844 e. The molecule has 0 aromatic heterocycles. The van der Waals surface area contributed by atoms with Crippen LogP contribution in [0.5, 0.6) is 0 Å². The Hall–Kier alpha value is -0.300. The summed E-state index contributed by atoms with van der Waals surface area (Å²) < 4.78 is 6.02. The molecule has 3 aliphatic rings. The second-order valence-corrected chi connectivity index (χ2v) is 8.45. The molecule has 1 spiro atoms. The van der Waals surface area contributed by atoms with E-state index in [1.807, 2.05) is 0 Å². The van der Waals surface area contributed by atoms with Gasteiger partial charge in [-0.2, -0.15) is 0 Å². The lowest BCUT2D eigenvalue weighted by Gasteiger charge is -2.35. The van der Waals surface area contributed by atoms with Gasteiger partial charge in [0.25, 0.3) is 0 Å². The molecule has 126 valence electrons. The van der Waals surface area contributed by atoms with E-state index in [0.717, 1.165) is 11.8 Å². The number of hydrogen-bond donors (Lipinski definition) is 0. The van der Waals surface area contributed by atoms with Gasteiger partial charge in [0.2, 0.25) is 0 Å². The monoisotopic (exact) mass is 304 g/mol. The summed E-state index contributed by atoms with van der Waals surface area (Å²) in [6.45, 7) is 6.89. The second kappa shape index (κ2) is 7.07. The fourth-order valence-corrected chi connectivity index (χ4v) is 5.38. The van der Waals surface area contributed by atoms with Crippen molar-refractivity contribution in [1.29, 1.82) is 0 Å². The van der Waals surface area contributed by atoms with Crippen LogP contribution in [0.2, 0.25) is 0 Å². The third-order valence-corrected chi connectivity index (χ3v) is 6.99. The predicted octanol–water partition coefficient (Wildman–Crippen LogP) is 6.28. The highest BCUT2D eigenvalue weighted by molar-refractivity contribution is 5.10. The van der Waals surface area contributed by atoms with Gasteiger partial charge in [0.1, 0.15) is 0 Å². The Balaban J connectivity index is 1.44. The van der Waals surface area contributed by atoms with E-state index in [9.17, 15) is 0 Å². The first-order valence-electron chi connectivity index (χ1n) is 9.97. The molecular weight excluding hydrogens is 268 g/mol. The van der Waals surface area contributed by atoms with Gasteiger partial charge in [0.05, 0.1) is 12.2 Å². The van der Waals surface area contributed by atoms with Crippen LogP contribution in [0.15, 0.2) is 11.6 Å². The molecule has 2 saturated carbocycles. The number of ether oxygens (including phenoxy) is 1. The van der Waals surface area contributed by atoms with Crippen molar-refractivity contribution in [1.82, 2.24) is 0 Å². The molecule has 3 fully saturated rings. The van der Waals surface area contributed by atoms with Crippen LogP contribution < -0.4 is 0 Å². The van der Waals surface area contributed by atoms with Gasteiger partial charge in [0, 0.05) is 0 Å². The molecule has 0 N–H and O–H groups in total. The van der Waals surface area contributed by atoms with Crippen molar-refractivity contribution in [2.45, 2.75) is 104 Å². The molecule has 3 rings (SSSR count). The zero-order valence-electron chi connectivity index (χ0n) is 15.1. The van der Waals surface area contributed by atoms with Crippen LogP contribution >= 0.6 is 0 Å². The summed E-state index contributed by atoms with van der Waals surface area (Å²) in [5.41, 5.74) is 2.42. The topological polar surface area (TPSA) is 12.5 Å². The van der Waals surface area contributed by atoms with Gasteiger partial charge < -0.3 is 4.74 Å². The molecule has 0 aromatic carbocycles. The van der Waals surface area contributed by atoms with Crippen LogP contribution in [-0.2, 0) is 4.74 Å². The summed E-state index contributed by atoms with van der Waals surface area (Å²) in [5.74, 6) is 1.84. The Bertz CT molecular complexity index is 395. The van der Waals surface area contributed by atoms with Gasteiger partial charge in [0.15, 0.2) is 0 Å². The molecule has 0 bridgehead atoms. The lowest BCUT2D eigenvalue weighted by atomic mass is 9.70. The van der Waals surface area contributed by atoms with E-state index in [1.165, 1.54) is 70.6 Å². The SMILES string of the molecule is C/C=C1\CCC[C@]2(CC[C@H](CC3OC3CC(CC)CC)C2)C1. The highest BCUT2D eigenvalue weighted by atomic mass is 16.6. The minimum absolute atomic E-state index is 0.610. The Morgan fingerprint density at radius 1 is 1.23 bits per heavy atom. The van der Waals surface area contributed by atoms with Crippen molar-refractivity contribution in [2.24, 2.45) is 17.3 Å². The molecule has 2 aliphatic carbocycles. The fraction of sp³-hybridized carbons (Fsp3) is 0.905. The maximum absolute atomic E-state index is 6.02. The molecular formula is C21H36O. The summed E-state index contributed by atoms with van der Waals surface area (Å²) in [6.07, 6.45) is 19.1. The van der Waals surface area contributed by atoms with Crippen LogP contribution in [0.25, 0.3) is 0 Å². The van der Waals surface area contributed by atoms with Crippen molar-refractivity contribution < 1.29 is 4.74 Å². The molecule has 4 atom stereocenters. The van der Waals surface area contributed by atoms with Gasteiger partial charge >= 0.3 is 0 Å². The fourth-order valence-electron chi connectivity index (χ4n) is 5.38. The van der Waals surface area contributed by atoms with Crippen LogP contribution in [0.4, 0.5) is 0 Å². The summed E-state index contributed by atoms with van der Waals surface area (Å²) in [7, 11) is 0. The third-order valence-electron chi connectivity index (χ3n) is 6.99. The second-order valence-electron chi connectivity index (χ2n) is 8.45. The smallest absolute Gasteiger partial charge is 0.0844 e. The zero-order valence-corrected chi connectivity index (χ0v) is 15.1. The van der Waals surface area contributed by atoms with Crippen molar-refractivity contribution >= 4 is 0 Å². The van der Waals surface area contributed by atoms with Crippen molar-refractivity contribution in [2.75, 3.05) is 0 Å². The minimum Gasteiger partial charge on any atom is -0.370 e. The van der Waals surface area contributed by atoms with Gasteiger partial charge in [-0.1, -0.05) is 38.3 Å². The van der Waals surface area contributed by atoms with Gasteiger partial charge in [-0.3, -0.25) is 0 Å². The van der Waals surface area contributed by atoms with Gasteiger partial charge in [-0.25, -0.2) is 0 Å². The first kappa shape index (κ1) is 16.6. The average Bonchev–Trinajstić information content (AvgIpc) is 3.16. The van der Waals surface area contributed by atoms with Crippen molar-refractivity contribution in [3.8, 4) is 0 Å². The van der Waals surface area contributed by atoms with Crippen LogP contribution in [0.1, 0.15) is 91.4 Å². The number of allylic oxidation sites excluding steroid dienone is 2. The van der Waals surface area contributed by atoms with Crippen molar-refractivity contribution in [3.05, 3.63) is 11.6 Å². The van der Waals surface area contributed by atoms with Gasteiger partial charge in [-0.15, -0.1) is 0 Å². The van der Waals surface area contributed by atoms with E-state index in [1.54, 1.807) is 5.57 Å². The predicted molar refractivity (Wildman–Crippen MR) is 94.0 cm³/mol. The summed E-state index contributed by atoms with van der Waals surface area (Å²) in [5, 5.41) is 0. The lowest BCUT2D eigenvalue weighted by Crippen LogP contribution is -2.22. The molecule has 1 heterocycles. The summed E-state index contributed by atoms with van der Waals surface area (Å²) >= 11 is 0. The van der Waals surface area contributed by atoms with Crippen LogP contribution in [-0.4, -0.2) is 12.2 Å². The molecule has 2 unspecified atom stereocenters. The summed E-state index contributed by atoms with van der Waals surface area (Å²) in [6, 6.07) is 0. The Kier molecular flexibility index (Phi) is 5.32. The van der Waals surface area contributed by atoms with E-state index >= 15 is 0 Å². The standard InChI is InChI=1S/C21H36O/c1-4-16(5-2)12-19-20(22-19)13-18-9-11-21(15-18)10-7-8-17(6-3)14-21/h6,16,18-20H,4-5,7-15H2,1-3H3/b17-6+/t18-,19?,20?,21+/m1/s1. The molecule has 1 saturated heterocycles. The van der Waals surface area contributed by atoms with Crippen LogP contribution in [0.3, 0.4) is 0 Å². The number of hydrogen-bond acceptors (Lipinski definition) is 1. The maximum atomic E-state index is 6.02. The molecule has 1 heteroatoms. The molecule has 1 aliphatic heterocycles. The highest BCUT2D eigenvalue weighted by Crippen LogP contribution is 2.54. The van der Waals surface area contributed by atoms with E-state index in [0.29, 0.717) is 17.6 Å². The first-order valence-corrected chi connectivity index (χ1v) is 9.97. The van der Waals surface area contributed by atoms with E-state index in [-0.39, 0.29) is 0 Å². The lowest BCUT2D eigenvalue weighted by molar-refractivity contribution is 0.219. The molecule has 0 radical (unpaired) electrons. The van der Waals surface area contributed by atoms with Crippen LogP contribution in [0, 0.1) is 17.3 Å². The Labute approximate surface area is 137 Å². The van der Waals surface area contributed by atoms with E-state index in [2.05, 4.69) is 26.8 Å². The summed E-state index contributed by atoms with van der Waals surface area (Å²) in [4.78, 5) is 0. The van der Waals surface area contributed by atoms with Gasteiger partial charge in [-0.05, 0) is 82.0 Å². The number of epoxide rings is 1. The largest absolute Gasteiger partial charge is 0.370 e. The Morgan fingerprint density at radius 3 is 2.77 bits per heavy atom. The van der Waals surface area contributed by atoms with Crippen molar-refractivity contribution in [3.63, 3.8) is 0 Å². The molecule has 0 amide bonds. The first-order chi connectivity index (χ1) is 10.7. The average molecular weight is 305 g/mol.